The number of nitrogens with one attached hydrogen (secondary N) is 1. The van der Waals surface area contributed by atoms with Gasteiger partial charge in [0.25, 0.3) is 5.91 Å². The molecule has 146 valence electrons. The Morgan fingerprint density at radius 3 is 2.62 bits per heavy atom. The van der Waals surface area contributed by atoms with E-state index in [0.29, 0.717) is 5.69 Å². The van der Waals surface area contributed by atoms with Crippen LogP contribution in [-0.2, 0) is 9.53 Å². The van der Waals surface area contributed by atoms with Crippen LogP contribution in [0, 0.1) is 17.1 Å². The highest BCUT2D eigenvalue weighted by atomic mass is 35.5. The first-order valence-electron chi connectivity index (χ1n) is 8.05. The lowest BCUT2D eigenvalue weighted by Crippen LogP contribution is -2.23. The summed E-state index contributed by atoms with van der Waals surface area (Å²) in [5.74, 6) is -2.45. The van der Waals surface area contributed by atoms with E-state index in [1.807, 2.05) is 6.07 Å². The number of aromatic nitrogens is 2. The number of amides is 1. The van der Waals surface area contributed by atoms with Crippen molar-refractivity contribution in [2.24, 2.45) is 0 Å². The van der Waals surface area contributed by atoms with E-state index in [0.717, 1.165) is 12.1 Å². The van der Waals surface area contributed by atoms with Gasteiger partial charge in [-0.1, -0.05) is 41.4 Å². The summed E-state index contributed by atoms with van der Waals surface area (Å²) in [4.78, 5) is 24.3. The van der Waals surface area contributed by atoms with Gasteiger partial charge in [0.15, 0.2) is 12.4 Å². The number of hydrogen-bond acceptors (Lipinski definition) is 5. The molecule has 1 N–H and O–H groups in total. The van der Waals surface area contributed by atoms with Gasteiger partial charge in [-0.15, -0.1) is 0 Å². The molecule has 0 saturated heterocycles. The summed E-state index contributed by atoms with van der Waals surface area (Å²) in [5.41, 5.74) is 0.467. The highest BCUT2D eigenvalue weighted by Crippen LogP contribution is 2.25. The number of anilines is 1. The monoisotopic (exact) mass is 432 g/mol. The van der Waals surface area contributed by atoms with Crippen LogP contribution in [0.5, 0.6) is 0 Å². The molecule has 0 aliphatic carbocycles. The minimum absolute atomic E-state index is 0.115. The number of halogens is 3. The Morgan fingerprint density at radius 1 is 1.21 bits per heavy atom. The molecule has 3 aromatic rings. The van der Waals surface area contributed by atoms with Crippen molar-refractivity contribution in [1.29, 1.82) is 5.26 Å². The Morgan fingerprint density at radius 2 is 1.93 bits per heavy atom. The highest BCUT2D eigenvalue weighted by Gasteiger charge is 2.19. The summed E-state index contributed by atoms with van der Waals surface area (Å²) in [6.45, 7) is -0.690. The summed E-state index contributed by atoms with van der Waals surface area (Å²) < 4.78 is 19.8. The molecule has 2 aromatic carbocycles. The fourth-order valence-electron chi connectivity index (χ4n) is 2.37. The maximum absolute atomic E-state index is 13.5. The molecule has 0 saturated carbocycles. The minimum Gasteiger partial charge on any atom is -0.452 e. The van der Waals surface area contributed by atoms with Crippen LogP contribution in [-0.4, -0.2) is 28.3 Å². The first-order chi connectivity index (χ1) is 13.9. The second-order valence-corrected chi connectivity index (χ2v) is 6.45. The Labute approximate surface area is 174 Å². The summed E-state index contributed by atoms with van der Waals surface area (Å²) in [7, 11) is 0. The number of carbonyl (C=O) groups is 2. The molecule has 3 rings (SSSR count). The summed E-state index contributed by atoms with van der Waals surface area (Å²) >= 11 is 11.4. The Balaban J connectivity index is 1.72. The van der Waals surface area contributed by atoms with Gasteiger partial charge in [-0.3, -0.25) is 4.79 Å². The van der Waals surface area contributed by atoms with Crippen LogP contribution in [0.15, 0.2) is 48.7 Å². The number of nitriles is 1. The molecule has 0 atom stereocenters. The maximum Gasteiger partial charge on any atom is 0.340 e. The first-order valence-corrected chi connectivity index (χ1v) is 8.81. The number of esters is 1. The van der Waals surface area contributed by atoms with Crippen molar-refractivity contribution < 1.29 is 18.7 Å². The third-order valence-electron chi connectivity index (χ3n) is 3.71. The molecule has 0 spiro atoms. The van der Waals surface area contributed by atoms with Crippen LogP contribution in [0.1, 0.15) is 15.9 Å². The average molecular weight is 433 g/mol. The van der Waals surface area contributed by atoms with Crippen molar-refractivity contribution in [3.63, 3.8) is 0 Å². The van der Waals surface area contributed by atoms with Crippen LogP contribution in [0.4, 0.5) is 10.2 Å². The molecule has 0 aliphatic heterocycles. The topological polar surface area (TPSA) is 97.0 Å². The van der Waals surface area contributed by atoms with Gasteiger partial charge in [0.2, 0.25) is 0 Å². The number of rotatable bonds is 5. The first kappa shape index (κ1) is 20.3. The Bertz CT molecular complexity index is 1130. The molecule has 0 fully saturated rings. The van der Waals surface area contributed by atoms with Gasteiger partial charge in [-0.05, 0) is 24.3 Å². The Hall–Kier alpha value is -3.41. The lowest BCUT2D eigenvalue weighted by atomic mass is 10.2. The SMILES string of the molecule is N#Cc1cnn(-c2ccccc2)c1NC(=O)COC(=O)c1cc(F)c(Cl)cc1Cl. The van der Waals surface area contributed by atoms with Crippen molar-refractivity contribution in [2.45, 2.75) is 0 Å². The van der Waals surface area contributed by atoms with E-state index < -0.39 is 24.3 Å². The second kappa shape index (κ2) is 8.73. The molecule has 1 aromatic heterocycles. The third kappa shape index (κ3) is 4.54. The predicted molar refractivity (Wildman–Crippen MR) is 104 cm³/mol. The molecule has 7 nitrogen and oxygen atoms in total. The summed E-state index contributed by atoms with van der Waals surface area (Å²) in [6.07, 6.45) is 1.30. The molecule has 1 amide bonds. The fraction of sp³-hybridized carbons (Fsp3) is 0.0526. The van der Waals surface area contributed by atoms with E-state index >= 15 is 0 Å². The number of ether oxygens (including phenoxy) is 1. The van der Waals surface area contributed by atoms with Crippen LogP contribution >= 0.6 is 23.2 Å². The van der Waals surface area contributed by atoms with Crippen molar-refractivity contribution in [3.8, 4) is 11.8 Å². The second-order valence-electron chi connectivity index (χ2n) is 5.64. The zero-order chi connectivity index (χ0) is 21.0. The van der Waals surface area contributed by atoms with Gasteiger partial charge in [-0.2, -0.15) is 10.4 Å². The molecule has 0 unspecified atom stereocenters. The zero-order valence-electron chi connectivity index (χ0n) is 14.5. The van der Waals surface area contributed by atoms with Crippen LogP contribution in [0.2, 0.25) is 10.0 Å². The molecule has 0 radical (unpaired) electrons. The fourth-order valence-corrected chi connectivity index (χ4v) is 2.83. The highest BCUT2D eigenvalue weighted by molar-refractivity contribution is 6.36. The number of nitrogens with zero attached hydrogens (tertiary/aromatic N) is 3. The number of para-hydroxylation sites is 1. The van der Waals surface area contributed by atoms with Crippen molar-refractivity contribution in [2.75, 3.05) is 11.9 Å². The number of hydrogen-bond donors (Lipinski definition) is 1. The average Bonchev–Trinajstić information content (AvgIpc) is 3.12. The van der Waals surface area contributed by atoms with E-state index in [2.05, 4.69) is 10.4 Å². The number of carbonyl (C=O) groups excluding carboxylic acids is 2. The van der Waals surface area contributed by atoms with Gasteiger partial charge in [0.05, 0.1) is 27.5 Å². The van der Waals surface area contributed by atoms with E-state index in [1.165, 1.54) is 10.9 Å². The summed E-state index contributed by atoms with van der Waals surface area (Å²) in [5, 5.41) is 15.4. The Kier molecular flexibility index (Phi) is 6.12. The third-order valence-corrected chi connectivity index (χ3v) is 4.31. The van der Waals surface area contributed by atoms with Crippen molar-refractivity contribution in [3.05, 3.63) is 75.7 Å². The number of benzene rings is 2. The standard InChI is InChI=1S/C19H11Cl2FN4O3/c20-14-7-15(21)16(22)6-13(14)19(28)29-10-17(27)25-18-11(8-23)9-24-26(18)12-4-2-1-3-5-12/h1-7,9H,10H2,(H,25,27). The van der Waals surface area contributed by atoms with Crippen LogP contribution in [0.25, 0.3) is 5.69 Å². The van der Waals surface area contributed by atoms with Crippen LogP contribution < -0.4 is 5.32 Å². The van der Waals surface area contributed by atoms with Gasteiger partial charge in [0.1, 0.15) is 17.4 Å². The van der Waals surface area contributed by atoms with E-state index in [9.17, 15) is 19.2 Å². The molecular weight excluding hydrogens is 422 g/mol. The maximum atomic E-state index is 13.5. The largest absolute Gasteiger partial charge is 0.452 e. The molecule has 29 heavy (non-hydrogen) atoms. The van der Waals surface area contributed by atoms with Gasteiger partial charge < -0.3 is 10.1 Å². The van der Waals surface area contributed by atoms with Gasteiger partial charge in [0, 0.05) is 0 Å². The van der Waals surface area contributed by atoms with E-state index in [1.54, 1.807) is 30.3 Å². The van der Waals surface area contributed by atoms with Crippen molar-refractivity contribution in [1.82, 2.24) is 9.78 Å². The molecule has 10 heteroatoms. The zero-order valence-corrected chi connectivity index (χ0v) is 16.0. The van der Waals surface area contributed by atoms with Gasteiger partial charge >= 0.3 is 5.97 Å². The van der Waals surface area contributed by atoms with E-state index in [4.69, 9.17) is 27.9 Å². The quantitative estimate of drug-likeness (QED) is 0.485. The normalized spacial score (nSPS) is 10.3. The minimum atomic E-state index is -1.00. The lowest BCUT2D eigenvalue weighted by Gasteiger charge is -2.10. The lowest BCUT2D eigenvalue weighted by molar-refractivity contribution is -0.119. The molecule has 0 bridgehead atoms. The van der Waals surface area contributed by atoms with Crippen LogP contribution in [0.3, 0.4) is 0 Å². The predicted octanol–water partition coefficient (Wildman–Crippen LogP) is 3.99. The van der Waals surface area contributed by atoms with Crippen molar-refractivity contribution >= 4 is 40.9 Å². The van der Waals surface area contributed by atoms with E-state index in [-0.39, 0.29) is 27.0 Å². The smallest absolute Gasteiger partial charge is 0.340 e. The molecular formula is C19H11Cl2FN4O3. The summed E-state index contributed by atoms with van der Waals surface area (Å²) in [6, 6.07) is 12.6. The van der Waals surface area contributed by atoms with Gasteiger partial charge in [-0.25, -0.2) is 13.9 Å². The molecule has 1 heterocycles. The molecule has 0 aliphatic rings.